The van der Waals surface area contributed by atoms with Gasteiger partial charge in [0.05, 0.1) is 5.56 Å². The van der Waals surface area contributed by atoms with E-state index in [9.17, 15) is 9.59 Å². The molecule has 5 heterocycles. The number of hydrogen-bond donors (Lipinski definition) is 1. The van der Waals surface area contributed by atoms with Crippen molar-refractivity contribution in [3.05, 3.63) is 40.6 Å². The summed E-state index contributed by atoms with van der Waals surface area (Å²) in [7, 11) is 0. The quantitative estimate of drug-likeness (QED) is 0.881. The SMILES string of the molecule is O=C(CC1CCOCC1)N1C[C@@H]2C[C@H](C1)c1ccc(-c3ncc[nH]3)c(=O)n1C2. The number of hydrogen-bond acceptors (Lipinski definition) is 4. The zero-order valence-electron chi connectivity index (χ0n) is 16.0. The zero-order valence-corrected chi connectivity index (χ0v) is 16.0. The molecule has 2 saturated heterocycles. The Labute approximate surface area is 163 Å². The van der Waals surface area contributed by atoms with Crippen LogP contribution in [0.4, 0.5) is 0 Å². The van der Waals surface area contributed by atoms with Crippen molar-refractivity contribution in [3.63, 3.8) is 0 Å². The smallest absolute Gasteiger partial charge is 0.261 e. The number of aromatic amines is 1. The molecule has 2 bridgehead atoms. The zero-order chi connectivity index (χ0) is 19.1. The molecule has 1 N–H and O–H groups in total. The maximum Gasteiger partial charge on any atom is 0.261 e. The van der Waals surface area contributed by atoms with Crippen LogP contribution in [0.25, 0.3) is 11.4 Å². The second-order valence-corrected chi connectivity index (χ2v) is 8.38. The second kappa shape index (κ2) is 7.20. The van der Waals surface area contributed by atoms with Gasteiger partial charge in [-0.1, -0.05) is 0 Å². The molecule has 2 fully saturated rings. The van der Waals surface area contributed by atoms with Gasteiger partial charge in [0.1, 0.15) is 5.82 Å². The molecular weight excluding hydrogens is 356 g/mol. The minimum absolute atomic E-state index is 0.0177. The standard InChI is InChI=1S/C21H26N4O3/c26-19(10-14-3-7-28-8-4-14)24-11-15-9-16(13-24)18-2-1-17(20-22-5-6-23-20)21(27)25(18)12-15/h1-2,5-6,14-16H,3-4,7-13H2,(H,22,23)/t15-,16+/m0/s1. The van der Waals surface area contributed by atoms with E-state index in [1.165, 1.54) is 0 Å². The van der Waals surface area contributed by atoms with E-state index < -0.39 is 0 Å². The van der Waals surface area contributed by atoms with E-state index in [-0.39, 0.29) is 17.4 Å². The molecule has 7 nitrogen and oxygen atoms in total. The first kappa shape index (κ1) is 17.7. The van der Waals surface area contributed by atoms with Crippen molar-refractivity contribution in [2.75, 3.05) is 26.3 Å². The molecule has 2 atom stereocenters. The summed E-state index contributed by atoms with van der Waals surface area (Å²) < 4.78 is 7.32. The monoisotopic (exact) mass is 382 g/mol. The highest BCUT2D eigenvalue weighted by molar-refractivity contribution is 5.76. The maximum absolute atomic E-state index is 13.0. The predicted molar refractivity (Wildman–Crippen MR) is 104 cm³/mol. The first-order chi connectivity index (χ1) is 13.7. The number of amides is 1. The Kier molecular flexibility index (Phi) is 4.55. The molecule has 0 unspecified atom stereocenters. The minimum atomic E-state index is 0.0177. The fourth-order valence-electron chi connectivity index (χ4n) is 5.07. The van der Waals surface area contributed by atoms with Gasteiger partial charge in [0.2, 0.25) is 5.91 Å². The molecule has 7 heteroatoms. The number of nitrogens with one attached hydrogen (secondary N) is 1. The third-order valence-electron chi connectivity index (χ3n) is 6.51. The van der Waals surface area contributed by atoms with Crippen LogP contribution in [0.15, 0.2) is 29.3 Å². The first-order valence-corrected chi connectivity index (χ1v) is 10.3. The van der Waals surface area contributed by atoms with Crippen molar-refractivity contribution >= 4 is 5.91 Å². The van der Waals surface area contributed by atoms with Crippen molar-refractivity contribution in [1.82, 2.24) is 19.4 Å². The molecule has 3 aliphatic heterocycles. The van der Waals surface area contributed by atoms with Crippen LogP contribution in [0.3, 0.4) is 0 Å². The molecular formula is C21H26N4O3. The highest BCUT2D eigenvalue weighted by Crippen LogP contribution is 2.36. The lowest BCUT2D eigenvalue weighted by molar-refractivity contribution is -0.135. The molecule has 148 valence electrons. The van der Waals surface area contributed by atoms with Crippen LogP contribution in [0, 0.1) is 11.8 Å². The Hall–Kier alpha value is -2.41. The summed E-state index contributed by atoms with van der Waals surface area (Å²) in [6, 6.07) is 3.92. The summed E-state index contributed by atoms with van der Waals surface area (Å²) in [5.41, 5.74) is 1.69. The maximum atomic E-state index is 13.0. The van der Waals surface area contributed by atoms with Crippen LogP contribution in [0.5, 0.6) is 0 Å². The van der Waals surface area contributed by atoms with E-state index in [0.717, 1.165) is 51.3 Å². The average molecular weight is 382 g/mol. The van der Waals surface area contributed by atoms with Gasteiger partial charge in [0, 0.05) is 63.3 Å². The van der Waals surface area contributed by atoms with Gasteiger partial charge in [-0.2, -0.15) is 0 Å². The molecule has 0 aliphatic carbocycles. The van der Waals surface area contributed by atoms with Gasteiger partial charge in [0.15, 0.2) is 0 Å². The number of pyridine rings is 1. The summed E-state index contributed by atoms with van der Waals surface area (Å²) in [5, 5.41) is 0. The Morgan fingerprint density at radius 3 is 2.86 bits per heavy atom. The number of imidazole rings is 1. The summed E-state index contributed by atoms with van der Waals surface area (Å²) in [6.45, 7) is 3.71. The number of ether oxygens (including phenoxy) is 1. The van der Waals surface area contributed by atoms with Crippen molar-refractivity contribution in [3.8, 4) is 11.4 Å². The Balaban J connectivity index is 1.36. The third kappa shape index (κ3) is 3.17. The van der Waals surface area contributed by atoms with Crippen LogP contribution in [-0.2, 0) is 16.1 Å². The highest BCUT2D eigenvalue weighted by atomic mass is 16.5. The highest BCUT2D eigenvalue weighted by Gasteiger charge is 2.37. The number of fused-ring (bicyclic) bond motifs is 4. The molecule has 0 spiro atoms. The van der Waals surface area contributed by atoms with Gasteiger partial charge in [-0.15, -0.1) is 0 Å². The molecule has 1 amide bonds. The fraction of sp³-hybridized carbons (Fsp3) is 0.571. The van der Waals surface area contributed by atoms with E-state index in [0.29, 0.717) is 36.2 Å². The van der Waals surface area contributed by atoms with E-state index in [4.69, 9.17) is 4.74 Å². The van der Waals surface area contributed by atoms with Crippen LogP contribution in [0.1, 0.15) is 37.3 Å². The van der Waals surface area contributed by atoms with Gasteiger partial charge in [-0.05, 0) is 43.2 Å². The van der Waals surface area contributed by atoms with Crippen LogP contribution in [0.2, 0.25) is 0 Å². The number of rotatable bonds is 3. The van der Waals surface area contributed by atoms with Gasteiger partial charge in [-0.3, -0.25) is 9.59 Å². The largest absolute Gasteiger partial charge is 0.381 e. The lowest BCUT2D eigenvalue weighted by atomic mass is 9.82. The van der Waals surface area contributed by atoms with E-state index >= 15 is 0 Å². The van der Waals surface area contributed by atoms with Crippen molar-refractivity contribution in [2.24, 2.45) is 11.8 Å². The number of carbonyl (C=O) groups excluding carboxylic acids is 1. The molecule has 0 aromatic carbocycles. The van der Waals surface area contributed by atoms with Crippen LogP contribution >= 0.6 is 0 Å². The van der Waals surface area contributed by atoms with Gasteiger partial charge in [0.25, 0.3) is 5.56 Å². The molecule has 3 aliphatic rings. The number of H-pyrrole nitrogens is 1. The van der Waals surface area contributed by atoms with Crippen molar-refractivity contribution < 1.29 is 9.53 Å². The fourth-order valence-corrected chi connectivity index (χ4v) is 5.07. The summed E-state index contributed by atoms with van der Waals surface area (Å²) in [6.07, 6.45) is 7.05. The van der Waals surface area contributed by atoms with E-state index in [1.54, 1.807) is 12.4 Å². The third-order valence-corrected chi connectivity index (χ3v) is 6.51. The molecule has 0 radical (unpaired) electrons. The summed E-state index contributed by atoms with van der Waals surface area (Å²) in [4.78, 5) is 35.2. The molecule has 0 saturated carbocycles. The first-order valence-electron chi connectivity index (χ1n) is 10.3. The summed E-state index contributed by atoms with van der Waals surface area (Å²) in [5.74, 6) is 1.92. The van der Waals surface area contributed by atoms with E-state index in [2.05, 4.69) is 9.97 Å². The Bertz CT molecular complexity index is 914. The molecule has 2 aromatic rings. The van der Waals surface area contributed by atoms with Crippen molar-refractivity contribution in [1.29, 1.82) is 0 Å². The normalized spacial score (nSPS) is 24.8. The number of aromatic nitrogens is 3. The van der Waals surface area contributed by atoms with Gasteiger partial charge >= 0.3 is 0 Å². The van der Waals surface area contributed by atoms with Crippen molar-refractivity contribution in [2.45, 2.75) is 38.1 Å². The number of nitrogens with zero attached hydrogens (tertiary/aromatic N) is 3. The van der Waals surface area contributed by atoms with Crippen LogP contribution in [-0.4, -0.2) is 51.6 Å². The average Bonchev–Trinajstić information content (AvgIpc) is 3.24. The topological polar surface area (TPSA) is 80.2 Å². The lowest BCUT2D eigenvalue weighted by Crippen LogP contribution is -2.49. The lowest BCUT2D eigenvalue weighted by Gasteiger charge is -2.43. The number of likely N-dealkylation sites (tertiary alicyclic amines) is 1. The molecule has 28 heavy (non-hydrogen) atoms. The second-order valence-electron chi connectivity index (χ2n) is 8.38. The van der Waals surface area contributed by atoms with Crippen LogP contribution < -0.4 is 5.56 Å². The Morgan fingerprint density at radius 1 is 1.21 bits per heavy atom. The molecule has 5 rings (SSSR count). The predicted octanol–water partition coefficient (Wildman–Crippen LogP) is 2.00. The van der Waals surface area contributed by atoms with Gasteiger partial charge < -0.3 is 19.2 Å². The molecule has 2 aromatic heterocycles. The Morgan fingerprint density at radius 2 is 2.07 bits per heavy atom. The summed E-state index contributed by atoms with van der Waals surface area (Å²) >= 11 is 0. The minimum Gasteiger partial charge on any atom is -0.381 e. The number of carbonyl (C=O) groups is 1. The number of piperidine rings is 1. The van der Waals surface area contributed by atoms with Gasteiger partial charge in [-0.25, -0.2) is 4.98 Å². The van der Waals surface area contributed by atoms with E-state index in [1.807, 2.05) is 21.6 Å².